The molecule has 0 unspecified atom stereocenters. The monoisotopic (exact) mass is 638 g/mol. The first kappa shape index (κ1) is 26.1. The average Bonchev–Trinajstić information content (AvgIpc) is 3.15. The molecule has 0 saturated carbocycles. The van der Waals surface area contributed by atoms with Gasteiger partial charge in [-0.2, -0.15) is 0 Å². The summed E-state index contributed by atoms with van der Waals surface area (Å²) in [6.07, 6.45) is 1.78. The lowest BCUT2D eigenvalue weighted by atomic mass is 9.86. The van der Waals surface area contributed by atoms with Crippen LogP contribution in [0.3, 0.4) is 0 Å². The Morgan fingerprint density at radius 2 is 0.940 bits per heavy atom. The van der Waals surface area contributed by atoms with E-state index in [1.165, 1.54) is 0 Å². The first-order valence-corrected chi connectivity index (χ1v) is 16.6. The number of rotatable bonds is 1. The molecule has 6 heteroatoms. The van der Waals surface area contributed by atoms with Crippen LogP contribution in [0.25, 0.3) is 121 Å². The van der Waals surface area contributed by atoms with Crippen molar-refractivity contribution in [1.82, 2.24) is 18.8 Å². The Morgan fingerprint density at radius 1 is 0.480 bits per heavy atom. The molecule has 0 atom stereocenters. The van der Waals surface area contributed by atoms with Crippen LogP contribution < -0.4 is 16.5 Å². The van der Waals surface area contributed by atoms with Gasteiger partial charge in [-0.05, 0) is 85.7 Å². The summed E-state index contributed by atoms with van der Waals surface area (Å²) in [4.78, 5) is 39.0. The normalized spacial score (nSPS) is 12.7. The van der Waals surface area contributed by atoms with Crippen LogP contribution in [0.1, 0.15) is 5.56 Å². The second-order valence-electron chi connectivity index (χ2n) is 13.3. The van der Waals surface area contributed by atoms with E-state index in [0.29, 0.717) is 27.4 Å². The minimum absolute atomic E-state index is 0.0842. The van der Waals surface area contributed by atoms with Crippen molar-refractivity contribution in [2.45, 2.75) is 0 Å². The van der Waals surface area contributed by atoms with Gasteiger partial charge in [0.2, 0.25) is 0 Å². The van der Waals surface area contributed by atoms with Gasteiger partial charge in [0.25, 0.3) is 11.1 Å². The van der Waals surface area contributed by atoms with Gasteiger partial charge in [-0.15, -0.1) is 0 Å². The number of hydrogen-bond acceptors (Lipinski definition) is 4. The van der Waals surface area contributed by atoms with Crippen LogP contribution >= 0.6 is 0 Å². The maximum atomic E-state index is 14.5. The van der Waals surface area contributed by atoms with E-state index in [1.807, 2.05) is 54.6 Å². The molecule has 0 aliphatic rings. The third kappa shape index (κ3) is 2.82. The van der Waals surface area contributed by atoms with Crippen LogP contribution in [0.4, 0.5) is 0 Å². The highest BCUT2D eigenvalue weighted by molar-refractivity contribution is 6.40. The topological polar surface area (TPSA) is 68.7 Å². The number of aromatic nitrogens is 4. The molecular weight excluding hydrogens is 617 g/mol. The summed E-state index contributed by atoms with van der Waals surface area (Å²) in [6, 6.07) is 34.5. The molecule has 0 N–H and O–H groups in total. The van der Waals surface area contributed by atoms with E-state index in [9.17, 15) is 9.59 Å². The van der Waals surface area contributed by atoms with Gasteiger partial charge < -0.3 is 0 Å². The Kier molecular flexibility index (Phi) is 4.47. The fourth-order valence-electron chi connectivity index (χ4n) is 9.07. The summed E-state index contributed by atoms with van der Waals surface area (Å²) in [5.74, 6) is 0. The fourth-order valence-corrected chi connectivity index (χ4v) is 9.07. The van der Waals surface area contributed by atoms with Gasteiger partial charge in [-0.1, -0.05) is 79.9 Å². The molecule has 6 nitrogen and oxygen atoms in total. The molecule has 0 bridgehead atoms. The molecule has 0 saturated heterocycles. The highest BCUT2D eigenvalue weighted by Crippen LogP contribution is 2.45. The number of benzene rings is 8. The van der Waals surface area contributed by atoms with E-state index >= 15 is 0 Å². The average molecular weight is 639 g/mol. The molecule has 0 fully saturated rings. The molecular formula is C44H22N4O2. The Morgan fingerprint density at radius 3 is 1.52 bits per heavy atom. The lowest BCUT2D eigenvalue weighted by Crippen LogP contribution is -2.21. The van der Waals surface area contributed by atoms with Crippen molar-refractivity contribution in [3.8, 4) is 0 Å². The number of pyridine rings is 2. The van der Waals surface area contributed by atoms with Gasteiger partial charge in [-0.25, -0.2) is 9.97 Å². The van der Waals surface area contributed by atoms with Crippen molar-refractivity contribution in [3.63, 3.8) is 0 Å². The van der Waals surface area contributed by atoms with E-state index < -0.39 is 0 Å². The molecule has 0 aliphatic heterocycles. The van der Waals surface area contributed by atoms with Gasteiger partial charge in [0.1, 0.15) is 11.3 Å². The summed E-state index contributed by atoms with van der Waals surface area (Å²) >= 11 is 0. The van der Waals surface area contributed by atoms with E-state index in [-0.39, 0.29) is 11.1 Å². The van der Waals surface area contributed by atoms with Crippen LogP contribution in [0, 0.1) is 0 Å². The SMILES string of the molecule is C=Cc1cccc2c1c(=C)nc1c3ccc4c5ccc6c(=O)n7c8cccc9cccc(nc7c7ccc(c%10ccc(c(=O)n21)c3c4%10)c5c67)c98. The maximum Gasteiger partial charge on any atom is 0.264 e. The van der Waals surface area contributed by atoms with Crippen molar-refractivity contribution in [2.75, 3.05) is 0 Å². The van der Waals surface area contributed by atoms with Gasteiger partial charge in [0, 0.05) is 43.1 Å². The van der Waals surface area contributed by atoms with Crippen molar-refractivity contribution < 1.29 is 0 Å². The summed E-state index contributed by atoms with van der Waals surface area (Å²) in [7, 11) is 0. The van der Waals surface area contributed by atoms with Crippen molar-refractivity contribution >= 4 is 121 Å². The zero-order valence-corrected chi connectivity index (χ0v) is 26.4. The minimum Gasteiger partial charge on any atom is -0.268 e. The second kappa shape index (κ2) is 8.56. The van der Waals surface area contributed by atoms with Crippen LogP contribution in [0.5, 0.6) is 0 Å². The van der Waals surface area contributed by atoms with E-state index in [2.05, 4.69) is 61.7 Å². The zero-order chi connectivity index (χ0) is 33.2. The maximum absolute atomic E-state index is 14.5. The van der Waals surface area contributed by atoms with Crippen molar-refractivity contribution in [1.29, 1.82) is 0 Å². The quantitative estimate of drug-likeness (QED) is 0.133. The standard InChI is InChI=1S/C44H22N4O2/c1-3-22-7-5-11-33-35(22)21(2)45-41-28-17-13-24-27-16-20-31-40-29(42-46-32-10-4-8-23-9-6-12-34(36(23)32)48(42)44(31)50)18-14-25(38(27)40)26-15-19-30(39(28)37(24)26)43(49)47(33)41/h3-20H,1-2H2. The van der Waals surface area contributed by atoms with E-state index in [0.717, 1.165) is 92.1 Å². The summed E-state index contributed by atoms with van der Waals surface area (Å²) in [5.41, 5.74) is 4.38. The molecule has 50 heavy (non-hydrogen) atoms. The Balaban J connectivity index is 1.29. The number of hydrogen-bond donors (Lipinski definition) is 0. The third-order valence-electron chi connectivity index (χ3n) is 11.1. The molecule has 0 radical (unpaired) electrons. The minimum atomic E-state index is -0.123. The summed E-state index contributed by atoms with van der Waals surface area (Å²) in [6.45, 7) is 8.27. The molecule has 12 rings (SSSR count). The summed E-state index contributed by atoms with van der Waals surface area (Å²) < 4.78 is 3.50. The molecule has 4 aromatic heterocycles. The number of nitrogens with zero attached hydrogens (tertiary/aromatic N) is 4. The van der Waals surface area contributed by atoms with Gasteiger partial charge in [0.05, 0.1) is 21.9 Å². The smallest absolute Gasteiger partial charge is 0.264 e. The largest absolute Gasteiger partial charge is 0.268 e. The predicted octanol–water partition coefficient (Wildman–Crippen LogP) is 8.73. The van der Waals surface area contributed by atoms with Crippen molar-refractivity contribution in [2.24, 2.45) is 0 Å². The van der Waals surface area contributed by atoms with Gasteiger partial charge in [-0.3, -0.25) is 18.4 Å². The molecule has 0 aliphatic carbocycles. The Labute approximate surface area is 280 Å². The molecule has 8 aromatic carbocycles. The fraction of sp³-hybridized carbons (Fsp3) is 0. The van der Waals surface area contributed by atoms with E-state index in [4.69, 9.17) is 9.97 Å². The Hall–Kier alpha value is -6.92. The lowest BCUT2D eigenvalue weighted by molar-refractivity contribution is 1.12. The van der Waals surface area contributed by atoms with Crippen LogP contribution in [0.15, 0.2) is 119 Å². The first-order valence-electron chi connectivity index (χ1n) is 16.6. The van der Waals surface area contributed by atoms with Crippen LogP contribution in [-0.2, 0) is 0 Å². The Bertz CT molecular complexity index is 3720. The summed E-state index contributed by atoms with van der Waals surface area (Å²) in [5, 5.41) is 14.5. The highest BCUT2D eigenvalue weighted by atomic mass is 16.1. The zero-order valence-electron chi connectivity index (χ0n) is 26.4. The van der Waals surface area contributed by atoms with Crippen LogP contribution in [0.2, 0.25) is 0 Å². The van der Waals surface area contributed by atoms with Crippen LogP contribution in [-0.4, -0.2) is 18.8 Å². The van der Waals surface area contributed by atoms with E-state index in [1.54, 1.807) is 14.9 Å². The molecule has 0 amide bonds. The molecule has 4 heterocycles. The predicted molar refractivity (Wildman–Crippen MR) is 207 cm³/mol. The third-order valence-corrected chi connectivity index (χ3v) is 11.1. The van der Waals surface area contributed by atoms with Crippen molar-refractivity contribution in [3.05, 3.63) is 141 Å². The molecule has 230 valence electrons. The lowest BCUT2D eigenvalue weighted by Gasteiger charge is -2.20. The molecule has 12 aromatic rings. The first-order chi connectivity index (χ1) is 24.5. The second-order valence-corrected chi connectivity index (χ2v) is 13.3. The highest BCUT2D eigenvalue weighted by Gasteiger charge is 2.23. The van der Waals surface area contributed by atoms with Gasteiger partial charge >= 0.3 is 0 Å². The van der Waals surface area contributed by atoms with Gasteiger partial charge in [0.15, 0.2) is 0 Å². The molecule has 0 spiro atoms. The number of fused-ring (bicyclic) bond motifs is 9.